The van der Waals surface area contributed by atoms with E-state index in [1.54, 1.807) is 0 Å². The minimum atomic E-state index is 0.292. The molecule has 0 spiro atoms. The number of nitrogens with zero attached hydrogens (tertiary/aromatic N) is 4. The summed E-state index contributed by atoms with van der Waals surface area (Å²) in [7, 11) is 4.29. The highest BCUT2D eigenvalue weighted by Crippen LogP contribution is 2.15. The van der Waals surface area contributed by atoms with Crippen LogP contribution in [0, 0.1) is 0 Å². The van der Waals surface area contributed by atoms with Crippen LogP contribution in [0.5, 0.6) is 0 Å². The molecular formula is C20H32N4O. The van der Waals surface area contributed by atoms with Crippen LogP contribution in [0.1, 0.15) is 18.4 Å². The minimum absolute atomic E-state index is 0.292. The van der Waals surface area contributed by atoms with Gasteiger partial charge in [-0.1, -0.05) is 30.3 Å². The highest BCUT2D eigenvalue weighted by atomic mass is 16.2. The van der Waals surface area contributed by atoms with Crippen LogP contribution >= 0.6 is 0 Å². The molecule has 0 bridgehead atoms. The van der Waals surface area contributed by atoms with Gasteiger partial charge in [-0.25, -0.2) is 0 Å². The predicted molar refractivity (Wildman–Crippen MR) is 101 cm³/mol. The van der Waals surface area contributed by atoms with Crippen molar-refractivity contribution in [2.75, 3.05) is 59.9 Å². The van der Waals surface area contributed by atoms with Crippen molar-refractivity contribution >= 4 is 5.91 Å². The monoisotopic (exact) mass is 344 g/mol. The van der Waals surface area contributed by atoms with Crippen molar-refractivity contribution in [1.29, 1.82) is 0 Å². The van der Waals surface area contributed by atoms with E-state index in [2.05, 4.69) is 59.1 Å². The number of carbonyl (C=O) groups is 1. The summed E-state index contributed by atoms with van der Waals surface area (Å²) in [5.74, 6) is 0.292. The Hall–Kier alpha value is -1.43. The third-order valence-electron chi connectivity index (χ3n) is 5.67. The van der Waals surface area contributed by atoms with E-state index in [1.165, 1.54) is 18.4 Å². The molecule has 5 nitrogen and oxygen atoms in total. The van der Waals surface area contributed by atoms with Crippen molar-refractivity contribution in [1.82, 2.24) is 19.6 Å². The van der Waals surface area contributed by atoms with E-state index in [1.807, 2.05) is 4.90 Å². The molecule has 0 radical (unpaired) electrons. The quantitative estimate of drug-likeness (QED) is 0.807. The molecule has 0 aromatic heterocycles. The average Bonchev–Trinajstić information content (AvgIpc) is 2.63. The number of amides is 1. The van der Waals surface area contributed by atoms with Crippen LogP contribution in [-0.2, 0) is 11.3 Å². The van der Waals surface area contributed by atoms with Crippen LogP contribution in [0.25, 0.3) is 0 Å². The van der Waals surface area contributed by atoms with Gasteiger partial charge < -0.3 is 9.80 Å². The maximum Gasteiger partial charge on any atom is 0.236 e. The summed E-state index contributed by atoms with van der Waals surface area (Å²) >= 11 is 0. The normalized spacial score (nSPS) is 21.0. The molecule has 1 amide bonds. The first kappa shape index (κ1) is 18.4. The summed E-state index contributed by atoms with van der Waals surface area (Å²) in [5, 5.41) is 0. The lowest BCUT2D eigenvalue weighted by molar-refractivity contribution is -0.134. The Morgan fingerprint density at radius 2 is 1.68 bits per heavy atom. The lowest BCUT2D eigenvalue weighted by Gasteiger charge is -2.38. The van der Waals surface area contributed by atoms with Gasteiger partial charge in [-0.2, -0.15) is 0 Å². The molecule has 0 saturated carbocycles. The van der Waals surface area contributed by atoms with Crippen molar-refractivity contribution in [3.05, 3.63) is 35.9 Å². The zero-order chi connectivity index (χ0) is 17.6. The first-order chi connectivity index (χ1) is 12.1. The van der Waals surface area contributed by atoms with E-state index in [9.17, 15) is 4.79 Å². The van der Waals surface area contributed by atoms with Crippen molar-refractivity contribution in [2.24, 2.45) is 0 Å². The number of likely N-dealkylation sites (tertiary alicyclic amines) is 1. The van der Waals surface area contributed by atoms with Crippen LogP contribution in [-0.4, -0.2) is 91.5 Å². The summed E-state index contributed by atoms with van der Waals surface area (Å²) in [6, 6.07) is 11.1. The molecule has 5 heteroatoms. The maximum absolute atomic E-state index is 12.6. The van der Waals surface area contributed by atoms with Gasteiger partial charge in [0.1, 0.15) is 0 Å². The highest BCUT2D eigenvalue weighted by molar-refractivity contribution is 5.78. The predicted octanol–water partition coefficient (Wildman–Crippen LogP) is 1.36. The number of piperidine rings is 1. The Labute approximate surface area is 152 Å². The minimum Gasteiger partial charge on any atom is -0.339 e. The van der Waals surface area contributed by atoms with Gasteiger partial charge in [0.2, 0.25) is 5.91 Å². The summed E-state index contributed by atoms with van der Waals surface area (Å²) in [6.07, 6.45) is 2.34. The van der Waals surface area contributed by atoms with Crippen LogP contribution in [0.4, 0.5) is 0 Å². The molecule has 2 saturated heterocycles. The van der Waals surface area contributed by atoms with Gasteiger partial charge in [0.05, 0.1) is 6.54 Å². The molecule has 2 aliphatic rings. The van der Waals surface area contributed by atoms with Gasteiger partial charge in [0.25, 0.3) is 0 Å². The van der Waals surface area contributed by atoms with Crippen molar-refractivity contribution in [3.8, 4) is 0 Å². The van der Waals surface area contributed by atoms with Crippen molar-refractivity contribution < 1.29 is 4.79 Å². The number of hydrogen-bond acceptors (Lipinski definition) is 4. The second-order valence-corrected chi connectivity index (χ2v) is 7.59. The van der Waals surface area contributed by atoms with E-state index < -0.39 is 0 Å². The number of hydrogen-bond donors (Lipinski definition) is 0. The smallest absolute Gasteiger partial charge is 0.236 e. The van der Waals surface area contributed by atoms with Gasteiger partial charge >= 0.3 is 0 Å². The SMILES string of the molecule is CN1CCC(N(C)CC(=O)N2CCN(Cc3ccccc3)CC2)CC1. The molecule has 2 heterocycles. The second kappa shape index (κ2) is 8.79. The largest absolute Gasteiger partial charge is 0.339 e. The Kier molecular flexibility index (Phi) is 6.45. The summed E-state index contributed by atoms with van der Waals surface area (Å²) in [6.45, 7) is 7.48. The van der Waals surface area contributed by atoms with Crippen molar-refractivity contribution in [2.45, 2.75) is 25.4 Å². The Morgan fingerprint density at radius 1 is 1.04 bits per heavy atom. The van der Waals surface area contributed by atoms with Gasteiger partial charge in [-0.15, -0.1) is 0 Å². The average molecular weight is 345 g/mol. The number of likely N-dealkylation sites (N-methyl/N-ethyl adjacent to an activating group) is 1. The van der Waals surface area contributed by atoms with Crippen LogP contribution in [0.15, 0.2) is 30.3 Å². The Morgan fingerprint density at radius 3 is 2.32 bits per heavy atom. The molecule has 138 valence electrons. The van der Waals surface area contributed by atoms with Gasteiger partial charge in [0.15, 0.2) is 0 Å². The van der Waals surface area contributed by atoms with E-state index in [0.29, 0.717) is 18.5 Å². The molecule has 0 N–H and O–H groups in total. The second-order valence-electron chi connectivity index (χ2n) is 7.59. The fourth-order valence-corrected chi connectivity index (χ4v) is 3.88. The standard InChI is InChI=1S/C20H32N4O/c1-21-10-8-19(9-11-21)22(2)17-20(25)24-14-12-23(13-15-24)16-18-6-4-3-5-7-18/h3-7,19H,8-17H2,1-2H3. The van der Waals surface area contributed by atoms with Gasteiger partial charge in [-0.05, 0) is 45.6 Å². The summed E-state index contributed by atoms with van der Waals surface area (Å²) in [5.41, 5.74) is 1.35. The number of piperazine rings is 1. The number of benzene rings is 1. The number of carbonyl (C=O) groups excluding carboxylic acids is 1. The molecule has 1 aromatic rings. The molecule has 1 aromatic carbocycles. The van der Waals surface area contributed by atoms with E-state index >= 15 is 0 Å². The van der Waals surface area contributed by atoms with Crippen LogP contribution in [0.3, 0.4) is 0 Å². The molecule has 0 atom stereocenters. The van der Waals surface area contributed by atoms with E-state index in [4.69, 9.17) is 0 Å². The molecule has 0 aliphatic carbocycles. The molecule has 2 aliphatic heterocycles. The first-order valence-corrected chi connectivity index (χ1v) is 9.54. The molecule has 3 rings (SSSR count). The Balaban J connectivity index is 1.40. The number of rotatable bonds is 5. The molecule has 2 fully saturated rings. The fraction of sp³-hybridized carbons (Fsp3) is 0.650. The Bertz CT molecular complexity index is 534. The maximum atomic E-state index is 12.6. The van der Waals surface area contributed by atoms with E-state index in [-0.39, 0.29) is 0 Å². The fourth-order valence-electron chi connectivity index (χ4n) is 3.88. The van der Waals surface area contributed by atoms with Gasteiger partial charge in [-0.3, -0.25) is 14.6 Å². The lowest BCUT2D eigenvalue weighted by Crippen LogP contribution is -2.52. The molecule has 25 heavy (non-hydrogen) atoms. The van der Waals surface area contributed by atoms with Gasteiger partial charge in [0, 0.05) is 38.8 Å². The first-order valence-electron chi connectivity index (χ1n) is 9.54. The third kappa shape index (κ3) is 5.27. The molecule has 0 unspecified atom stereocenters. The topological polar surface area (TPSA) is 30.0 Å². The summed E-state index contributed by atoms with van der Waals surface area (Å²) in [4.78, 5) is 21.8. The third-order valence-corrected chi connectivity index (χ3v) is 5.67. The molecular weight excluding hydrogens is 312 g/mol. The van der Waals surface area contributed by atoms with Crippen LogP contribution < -0.4 is 0 Å². The highest BCUT2D eigenvalue weighted by Gasteiger charge is 2.25. The zero-order valence-electron chi connectivity index (χ0n) is 15.7. The zero-order valence-corrected chi connectivity index (χ0v) is 15.7. The lowest BCUT2D eigenvalue weighted by atomic mass is 10.0. The van der Waals surface area contributed by atoms with E-state index in [0.717, 1.165) is 45.8 Å². The van der Waals surface area contributed by atoms with Crippen LogP contribution in [0.2, 0.25) is 0 Å². The summed E-state index contributed by atoms with van der Waals surface area (Å²) < 4.78 is 0. The van der Waals surface area contributed by atoms with Crippen molar-refractivity contribution in [3.63, 3.8) is 0 Å².